The minimum absolute atomic E-state index is 0.0680. The fourth-order valence-corrected chi connectivity index (χ4v) is 2.77. The number of nitrogens with zero attached hydrogens (tertiary/aromatic N) is 2. The lowest BCUT2D eigenvalue weighted by molar-refractivity contribution is 0.0954. The number of aromatic nitrogens is 2. The number of benzene rings is 2. The van der Waals surface area contributed by atoms with E-state index in [1.165, 1.54) is 6.39 Å². The van der Waals surface area contributed by atoms with Crippen LogP contribution in [0, 0.1) is 0 Å². The summed E-state index contributed by atoms with van der Waals surface area (Å²) in [5, 5.41) is 2.95. The predicted molar refractivity (Wildman–Crippen MR) is 95.8 cm³/mol. The van der Waals surface area contributed by atoms with Crippen LogP contribution < -0.4 is 5.32 Å². The second-order valence-electron chi connectivity index (χ2n) is 5.80. The molecule has 1 amide bonds. The van der Waals surface area contributed by atoms with Gasteiger partial charge in [-0.05, 0) is 60.5 Å². The number of hydrogen-bond acceptors (Lipinski definition) is 3. The molecule has 124 valence electrons. The number of hydrogen-bond donors (Lipinski definition) is 1. The van der Waals surface area contributed by atoms with E-state index < -0.39 is 0 Å². The summed E-state index contributed by atoms with van der Waals surface area (Å²) < 4.78 is 7.23. The SMILES string of the molecule is O=C(NCCc1ccc2ocnc2c1)c1ccc(-n2cccc2)cc1. The van der Waals surface area contributed by atoms with Crippen molar-refractivity contribution in [3.8, 4) is 5.69 Å². The Labute approximate surface area is 144 Å². The molecule has 0 aliphatic heterocycles. The first-order valence-corrected chi connectivity index (χ1v) is 8.13. The summed E-state index contributed by atoms with van der Waals surface area (Å²) >= 11 is 0. The van der Waals surface area contributed by atoms with E-state index in [0.717, 1.165) is 28.8 Å². The minimum atomic E-state index is -0.0680. The third-order valence-corrected chi connectivity index (χ3v) is 4.13. The lowest BCUT2D eigenvalue weighted by Gasteiger charge is -2.07. The first-order chi connectivity index (χ1) is 12.3. The van der Waals surface area contributed by atoms with E-state index in [1.54, 1.807) is 0 Å². The molecule has 4 rings (SSSR count). The molecule has 0 radical (unpaired) electrons. The quantitative estimate of drug-likeness (QED) is 0.608. The Morgan fingerprint density at radius 2 is 1.88 bits per heavy atom. The molecular formula is C20H17N3O2. The molecule has 25 heavy (non-hydrogen) atoms. The first kappa shape index (κ1) is 15.2. The molecule has 2 heterocycles. The van der Waals surface area contributed by atoms with Crippen molar-refractivity contribution in [3.63, 3.8) is 0 Å². The van der Waals surface area contributed by atoms with Gasteiger partial charge in [-0.3, -0.25) is 4.79 Å². The van der Waals surface area contributed by atoms with E-state index in [-0.39, 0.29) is 5.91 Å². The maximum Gasteiger partial charge on any atom is 0.251 e. The monoisotopic (exact) mass is 331 g/mol. The van der Waals surface area contributed by atoms with Crippen molar-refractivity contribution in [1.29, 1.82) is 0 Å². The zero-order chi connectivity index (χ0) is 17.1. The summed E-state index contributed by atoms with van der Waals surface area (Å²) in [6.45, 7) is 0.571. The van der Waals surface area contributed by atoms with Gasteiger partial charge < -0.3 is 14.3 Å². The number of rotatable bonds is 5. The summed E-state index contributed by atoms with van der Waals surface area (Å²) in [4.78, 5) is 16.4. The Balaban J connectivity index is 1.35. The molecule has 0 aliphatic rings. The topological polar surface area (TPSA) is 60.1 Å². The highest BCUT2D eigenvalue weighted by atomic mass is 16.3. The summed E-state index contributed by atoms with van der Waals surface area (Å²) in [6.07, 6.45) is 6.13. The summed E-state index contributed by atoms with van der Waals surface area (Å²) in [5.41, 5.74) is 4.41. The van der Waals surface area contributed by atoms with Crippen LogP contribution in [0.2, 0.25) is 0 Å². The average Bonchev–Trinajstić information content (AvgIpc) is 3.33. The van der Waals surface area contributed by atoms with Crippen molar-refractivity contribution in [1.82, 2.24) is 14.9 Å². The molecule has 0 fully saturated rings. The molecule has 1 N–H and O–H groups in total. The molecule has 4 aromatic rings. The van der Waals surface area contributed by atoms with Crippen LogP contribution >= 0.6 is 0 Å². The number of amides is 1. The van der Waals surface area contributed by atoms with Crippen molar-refractivity contribution >= 4 is 17.0 Å². The van der Waals surface area contributed by atoms with Crippen LogP contribution in [0.5, 0.6) is 0 Å². The van der Waals surface area contributed by atoms with E-state index in [9.17, 15) is 4.79 Å². The highest BCUT2D eigenvalue weighted by Crippen LogP contribution is 2.14. The molecule has 0 aliphatic carbocycles. The number of fused-ring (bicyclic) bond motifs is 1. The third kappa shape index (κ3) is 3.30. The third-order valence-electron chi connectivity index (χ3n) is 4.13. The molecule has 0 saturated heterocycles. The molecule has 5 nitrogen and oxygen atoms in total. The van der Waals surface area contributed by atoms with Gasteiger partial charge >= 0.3 is 0 Å². The molecule has 0 unspecified atom stereocenters. The lowest BCUT2D eigenvalue weighted by Crippen LogP contribution is -2.25. The second kappa shape index (κ2) is 6.65. The molecule has 0 saturated carbocycles. The Kier molecular flexibility index (Phi) is 4.04. The van der Waals surface area contributed by atoms with Crippen LogP contribution in [0.25, 0.3) is 16.8 Å². The van der Waals surface area contributed by atoms with Gasteiger partial charge in [-0.1, -0.05) is 6.07 Å². The van der Waals surface area contributed by atoms with Crippen LogP contribution in [0.4, 0.5) is 0 Å². The summed E-state index contributed by atoms with van der Waals surface area (Å²) in [5.74, 6) is -0.0680. The van der Waals surface area contributed by atoms with Gasteiger partial charge in [-0.15, -0.1) is 0 Å². The van der Waals surface area contributed by atoms with E-state index in [2.05, 4.69) is 10.3 Å². The fraction of sp³-hybridized carbons (Fsp3) is 0.100. The van der Waals surface area contributed by atoms with Crippen LogP contribution in [0.1, 0.15) is 15.9 Å². The lowest BCUT2D eigenvalue weighted by atomic mass is 10.1. The van der Waals surface area contributed by atoms with E-state index >= 15 is 0 Å². The predicted octanol–water partition coefficient (Wildman–Crippen LogP) is 3.59. The van der Waals surface area contributed by atoms with Crippen molar-refractivity contribution in [2.24, 2.45) is 0 Å². The smallest absolute Gasteiger partial charge is 0.251 e. The Morgan fingerprint density at radius 3 is 2.68 bits per heavy atom. The molecular weight excluding hydrogens is 314 g/mol. The highest BCUT2D eigenvalue weighted by Gasteiger charge is 2.06. The first-order valence-electron chi connectivity index (χ1n) is 8.13. The van der Waals surface area contributed by atoms with Gasteiger partial charge in [-0.25, -0.2) is 4.98 Å². The Bertz CT molecular complexity index is 985. The maximum absolute atomic E-state index is 12.3. The van der Waals surface area contributed by atoms with Crippen LogP contribution in [-0.4, -0.2) is 22.0 Å². The van der Waals surface area contributed by atoms with Crippen molar-refractivity contribution in [2.45, 2.75) is 6.42 Å². The van der Waals surface area contributed by atoms with E-state index in [4.69, 9.17) is 4.42 Å². The number of carbonyl (C=O) groups is 1. The number of oxazole rings is 1. The van der Waals surface area contributed by atoms with Gasteiger partial charge in [0.15, 0.2) is 12.0 Å². The van der Waals surface area contributed by atoms with Crippen molar-refractivity contribution < 1.29 is 9.21 Å². The molecule has 5 heteroatoms. The zero-order valence-electron chi connectivity index (χ0n) is 13.6. The molecule has 0 spiro atoms. The van der Waals surface area contributed by atoms with Gasteiger partial charge in [0.25, 0.3) is 5.91 Å². The number of nitrogens with one attached hydrogen (secondary N) is 1. The minimum Gasteiger partial charge on any atom is -0.443 e. The van der Waals surface area contributed by atoms with Gasteiger partial charge in [0.05, 0.1) is 0 Å². The van der Waals surface area contributed by atoms with Gasteiger partial charge in [-0.2, -0.15) is 0 Å². The molecule has 0 bridgehead atoms. The summed E-state index contributed by atoms with van der Waals surface area (Å²) in [7, 11) is 0. The normalized spacial score (nSPS) is 10.9. The average molecular weight is 331 g/mol. The standard InChI is InChI=1S/C20H17N3O2/c24-20(16-4-6-17(7-5-16)23-11-1-2-12-23)21-10-9-15-3-8-19-18(13-15)22-14-25-19/h1-8,11-14H,9-10H2,(H,21,24). The van der Waals surface area contributed by atoms with Crippen molar-refractivity contribution in [3.05, 3.63) is 84.5 Å². The molecule has 0 atom stereocenters. The largest absolute Gasteiger partial charge is 0.443 e. The fourth-order valence-electron chi connectivity index (χ4n) is 2.77. The van der Waals surface area contributed by atoms with E-state index in [1.807, 2.05) is 71.6 Å². The van der Waals surface area contributed by atoms with Crippen LogP contribution in [0.15, 0.2) is 77.8 Å². The van der Waals surface area contributed by atoms with Gasteiger partial charge in [0.2, 0.25) is 0 Å². The summed E-state index contributed by atoms with van der Waals surface area (Å²) in [6, 6.07) is 17.4. The molecule has 2 aromatic carbocycles. The highest BCUT2D eigenvalue weighted by molar-refractivity contribution is 5.94. The Hall–Kier alpha value is -3.34. The maximum atomic E-state index is 12.3. The van der Waals surface area contributed by atoms with E-state index in [0.29, 0.717) is 12.1 Å². The van der Waals surface area contributed by atoms with Gasteiger partial charge in [0.1, 0.15) is 5.52 Å². The second-order valence-corrected chi connectivity index (χ2v) is 5.80. The number of carbonyl (C=O) groups excluding carboxylic acids is 1. The van der Waals surface area contributed by atoms with Crippen LogP contribution in [-0.2, 0) is 6.42 Å². The van der Waals surface area contributed by atoms with Crippen molar-refractivity contribution in [2.75, 3.05) is 6.54 Å². The Morgan fingerprint density at radius 1 is 1.08 bits per heavy atom. The van der Waals surface area contributed by atoms with Crippen LogP contribution in [0.3, 0.4) is 0 Å². The zero-order valence-corrected chi connectivity index (χ0v) is 13.6. The van der Waals surface area contributed by atoms with Gasteiger partial charge in [0, 0.05) is 30.2 Å². The molecule has 2 aromatic heterocycles.